The van der Waals surface area contributed by atoms with Gasteiger partial charge in [0.2, 0.25) is 11.8 Å². The summed E-state index contributed by atoms with van der Waals surface area (Å²) in [6.45, 7) is 3.77. The van der Waals surface area contributed by atoms with E-state index >= 15 is 0 Å². The van der Waals surface area contributed by atoms with Gasteiger partial charge in [-0.05, 0) is 62.8 Å². The van der Waals surface area contributed by atoms with Crippen LogP contribution in [0.15, 0.2) is 58.3 Å². The molecule has 2 aliphatic rings. The van der Waals surface area contributed by atoms with E-state index in [1.54, 1.807) is 12.1 Å². The maximum absolute atomic E-state index is 13.3. The zero-order chi connectivity index (χ0) is 41.9. The molecule has 2 aromatic rings. The van der Waals surface area contributed by atoms with Crippen molar-refractivity contribution in [1.29, 1.82) is 10.5 Å². The van der Waals surface area contributed by atoms with Gasteiger partial charge in [-0.3, -0.25) is 9.59 Å². The van der Waals surface area contributed by atoms with Crippen LogP contribution >= 0.6 is 0 Å². The molecule has 308 valence electrons. The number of amides is 2. The Morgan fingerprint density at radius 3 is 1.30 bits per heavy atom. The number of hydrogen-bond acceptors (Lipinski definition) is 10. The third kappa shape index (κ3) is 11.4. The predicted molar refractivity (Wildman–Crippen MR) is 188 cm³/mol. The highest BCUT2D eigenvalue weighted by molar-refractivity contribution is 7.92. The largest absolute Gasteiger partial charge is 0.417 e. The Bertz CT molecular complexity index is 1840. The summed E-state index contributed by atoms with van der Waals surface area (Å²) in [6.07, 6.45) is -10.3. The highest BCUT2D eigenvalue weighted by Crippen LogP contribution is 2.42. The quantitative estimate of drug-likeness (QED) is 0.184. The Labute approximate surface area is 321 Å². The van der Waals surface area contributed by atoms with E-state index in [2.05, 4.69) is 10.6 Å². The third-order valence-electron chi connectivity index (χ3n) is 9.23. The van der Waals surface area contributed by atoms with E-state index < -0.39 is 99.3 Å². The SMILES string of the molecule is CCCO[C@@H]1C[C@H](S(=O)(=O)c2ccccc2C(F)(F)F)C[C@H]1C(=O)NCC#N.CCCO[C@H]1C[C@@H](S(=O)(=O)c2ccccc2C(F)(F)F)C[C@@H]1C(=O)NCC#N. The molecule has 0 spiro atoms. The highest BCUT2D eigenvalue weighted by Gasteiger charge is 2.49. The lowest BCUT2D eigenvalue weighted by Gasteiger charge is -2.18. The number of carbonyl (C=O) groups is 2. The van der Waals surface area contributed by atoms with E-state index in [1.165, 1.54) is 12.1 Å². The van der Waals surface area contributed by atoms with Gasteiger partial charge in [0, 0.05) is 13.2 Å². The summed E-state index contributed by atoms with van der Waals surface area (Å²) in [5, 5.41) is 19.6. The van der Waals surface area contributed by atoms with E-state index in [0.29, 0.717) is 26.1 Å². The number of nitrogens with one attached hydrogen (secondary N) is 2. The Hall–Kier alpha value is -4.24. The number of benzene rings is 2. The smallest absolute Gasteiger partial charge is 0.377 e. The maximum atomic E-state index is 13.3. The van der Waals surface area contributed by atoms with E-state index in [1.807, 2.05) is 13.8 Å². The van der Waals surface area contributed by atoms with Gasteiger partial charge in [0.1, 0.15) is 13.1 Å². The Morgan fingerprint density at radius 2 is 1.00 bits per heavy atom. The van der Waals surface area contributed by atoms with Crippen molar-refractivity contribution in [2.45, 2.75) is 97.2 Å². The molecule has 56 heavy (non-hydrogen) atoms. The van der Waals surface area contributed by atoms with Crippen LogP contribution in [0.5, 0.6) is 0 Å². The van der Waals surface area contributed by atoms with Gasteiger partial charge in [0.05, 0.1) is 67.6 Å². The van der Waals surface area contributed by atoms with Crippen molar-refractivity contribution in [3.63, 3.8) is 0 Å². The number of nitriles is 2. The van der Waals surface area contributed by atoms with Crippen LogP contribution in [0.1, 0.15) is 63.5 Å². The third-order valence-corrected chi connectivity index (χ3v) is 13.7. The van der Waals surface area contributed by atoms with Crippen LogP contribution in [-0.4, -0.2) is 77.7 Å². The number of rotatable bonds is 14. The number of hydrogen-bond donors (Lipinski definition) is 2. The molecule has 6 atom stereocenters. The Kier molecular flexibility index (Phi) is 16.3. The molecule has 0 bridgehead atoms. The second-order valence-corrected chi connectivity index (χ2v) is 17.4. The zero-order valence-corrected chi connectivity index (χ0v) is 32.0. The molecule has 2 saturated carbocycles. The van der Waals surface area contributed by atoms with Crippen LogP contribution in [0.25, 0.3) is 0 Å². The van der Waals surface area contributed by atoms with Crippen LogP contribution in [-0.2, 0) is 51.1 Å². The fraction of sp³-hybridized carbons (Fsp3) is 0.556. The van der Waals surface area contributed by atoms with E-state index in [4.69, 9.17) is 20.0 Å². The van der Waals surface area contributed by atoms with Crippen LogP contribution in [0.4, 0.5) is 26.3 Å². The molecule has 2 fully saturated rings. The monoisotopic (exact) mass is 836 g/mol. The zero-order valence-electron chi connectivity index (χ0n) is 30.4. The van der Waals surface area contributed by atoms with Gasteiger partial charge in [-0.2, -0.15) is 36.9 Å². The van der Waals surface area contributed by atoms with E-state index in [-0.39, 0.29) is 38.8 Å². The molecule has 20 heteroatoms. The van der Waals surface area contributed by atoms with Gasteiger partial charge >= 0.3 is 12.4 Å². The fourth-order valence-corrected chi connectivity index (χ4v) is 10.7. The predicted octanol–water partition coefficient (Wildman–Crippen LogP) is 5.39. The van der Waals surface area contributed by atoms with Crippen molar-refractivity contribution >= 4 is 31.5 Å². The fourth-order valence-electron chi connectivity index (χ4n) is 6.65. The topological polar surface area (TPSA) is 193 Å². The molecule has 0 heterocycles. The van der Waals surface area contributed by atoms with Crippen molar-refractivity contribution in [2.75, 3.05) is 26.3 Å². The molecule has 0 aliphatic heterocycles. The second kappa shape index (κ2) is 19.8. The summed E-state index contributed by atoms with van der Waals surface area (Å²) >= 11 is 0. The Balaban J connectivity index is 0.000000300. The van der Waals surface area contributed by atoms with E-state index in [0.717, 1.165) is 36.4 Å². The summed E-state index contributed by atoms with van der Waals surface area (Å²) in [5.41, 5.74) is -2.45. The minimum absolute atomic E-state index is 0.0842. The van der Waals surface area contributed by atoms with Crippen molar-refractivity contribution in [2.24, 2.45) is 11.8 Å². The van der Waals surface area contributed by atoms with Gasteiger partial charge in [-0.15, -0.1) is 0 Å². The highest BCUT2D eigenvalue weighted by atomic mass is 32.2. The lowest BCUT2D eigenvalue weighted by molar-refractivity contribution is -0.140. The summed E-state index contributed by atoms with van der Waals surface area (Å²) in [5.74, 6) is -2.77. The van der Waals surface area contributed by atoms with Crippen molar-refractivity contribution in [1.82, 2.24) is 10.6 Å². The normalized spacial score (nSPS) is 22.6. The number of ether oxygens (including phenoxy) is 2. The van der Waals surface area contributed by atoms with Crippen molar-refractivity contribution in [3.8, 4) is 12.1 Å². The molecule has 0 saturated heterocycles. The summed E-state index contributed by atoms with van der Waals surface area (Å²) in [4.78, 5) is 23.0. The van der Waals surface area contributed by atoms with Gasteiger partial charge < -0.3 is 20.1 Å². The average molecular weight is 837 g/mol. The standard InChI is InChI=1S/2C18H21F3N2O4S/c2*1-2-9-27-15-11-12(10-13(15)17(24)23-8-7-22)28(25,26)16-6-4-3-5-14(16)18(19,20)21/h2*3-6,12-13,15H,2,8-11H2,1H3,(H,23,24)/t2*12-,13-,15-/m10/s1. The van der Waals surface area contributed by atoms with Gasteiger partial charge in [-0.1, -0.05) is 38.1 Å². The summed E-state index contributed by atoms with van der Waals surface area (Å²) in [7, 11) is -8.68. The maximum Gasteiger partial charge on any atom is 0.417 e. The van der Waals surface area contributed by atoms with Gasteiger partial charge in [0.15, 0.2) is 19.7 Å². The number of carbonyl (C=O) groups excluding carboxylic acids is 2. The molecule has 0 radical (unpaired) electrons. The lowest BCUT2D eigenvalue weighted by Crippen LogP contribution is -2.36. The molecule has 2 N–H and O–H groups in total. The first-order valence-corrected chi connectivity index (χ1v) is 20.7. The molecule has 0 unspecified atom stereocenters. The Morgan fingerprint density at radius 1 is 0.661 bits per heavy atom. The summed E-state index contributed by atoms with van der Waals surface area (Å²) < 4.78 is 143. The molecule has 12 nitrogen and oxygen atoms in total. The first kappa shape index (κ1) is 46.1. The van der Waals surface area contributed by atoms with Crippen molar-refractivity contribution in [3.05, 3.63) is 59.7 Å². The second-order valence-electron chi connectivity index (χ2n) is 13.0. The lowest BCUT2D eigenvalue weighted by atomic mass is 10.1. The first-order chi connectivity index (χ1) is 26.2. The van der Waals surface area contributed by atoms with Crippen LogP contribution in [0.3, 0.4) is 0 Å². The average Bonchev–Trinajstić information content (AvgIpc) is 3.80. The van der Waals surface area contributed by atoms with Crippen LogP contribution in [0, 0.1) is 34.5 Å². The minimum atomic E-state index is -4.82. The van der Waals surface area contributed by atoms with Crippen molar-refractivity contribution < 1.29 is 62.2 Å². The number of halogens is 6. The molecular weight excluding hydrogens is 795 g/mol. The first-order valence-electron chi connectivity index (χ1n) is 17.6. The number of nitrogens with zero attached hydrogens (tertiary/aromatic N) is 2. The molecule has 2 aliphatic carbocycles. The van der Waals surface area contributed by atoms with Gasteiger partial charge in [-0.25, -0.2) is 16.8 Å². The van der Waals surface area contributed by atoms with Crippen LogP contribution < -0.4 is 10.6 Å². The van der Waals surface area contributed by atoms with E-state index in [9.17, 15) is 52.8 Å². The molecular formula is C36H42F6N4O8S2. The molecule has 2 aromatic carbocycles. The molecule has 2 amide bonds. The molecule has 4 rings (SSSR count). The summed E-state index contributed by atoms with van der Waals surface area (Å²) in [6, 6.07) is 11.6. The number of sulfone groups is 2. The van der Waals surface area contributed by atoms with Crippen LogP contribution in [0.2, 0.25) is 0 Å². The number of alkyl halides is 6. The van der Waals surface area contributed by atoms with Gasteiger partial charge in [0.25, 0.3) is 0 Å². The minimum Gasteiger partial charge on any atom is -0.377 e. The molecule has 0 aromatic heterocycles.